The third-order valence-corrected chi connectivity index (χ3v) is 8.29. The van der Waals surface area contributed by atoms with E-state index in [-0.39, 0.29) is 0 Å². The van der Waals surface area contributed by atoms with Crippen molar-refractivity contribution in [2.75, 3.05) is 44.3 Å². The fourth-order valence-corrected chi connectivity index (χ4v) is 6.69. The highest BCUT2D eigenvalue weighted by atomic mass is 32.1. The van der Waals surface area contributed by atoms with Crippen molar-refractivity contribution in [1.82, 2.24) is 19.9 Å². The monoisotopic (exact) mass is 461 g/mol. The van der Waals surface area contributed by atoms with Crippen LogP contribution >= 0.6 is 11.3 Å². The van der Waals surface area contributed by atoms with Gasteiger partial charge in [0.05, 0.1) is 23.4 Å². The van der Waals surface area contributed by atoms with Gasteiger partial charge in [-0.05, 0) is 50.6 Å². The van der Waals surface area contributed by atoms with E-state index in [1.807, 2.05) is 17.5 Å². The summed E-state index contributed by atoms with van der Waals surface area (Å²) in [5.74, 6) is 1.88. The Labute approximate surface area is 198 Å². The minimum Gasteiger partial charge on any atom is -0.378 e. The number of hydrogen-bond acceptors (Lipinski definition) is 6. The van der Waals surface area contributed by atoms with Crippen LogP contribution in [0.1, 0.15) is 43.5 Å². The molecule has 6 rings (SSSR count). The largest absolute Gasteiger partial charge is 0.378 e. The minimum atomic E-state index is 0.471. The Kier molecular flexibility index (Phi) is 5.78. The lowest BCUT2D eigenvalue weighted by molar-refractivity contribution is 0.122. The molecular formula is C26H31N5OS. The van der Waals surface area contributed by atoms with E-state index >= 15 is 0 Å². The van der Waals surface area contributed by atoms with E-state index in [9.17, 15) is 0 Å². The summed E-state index contributed by atoms with van der Waals surface area (Å²) in [6.07, 6.45) is 7.10. The van der Waals surface area contributed by atoms with Gasteiger partial charge >= 0.3 is 0 Å². The Morgan fingerprint density at radius 3 is 2.73 bits per heavy atom. The van der Waals surface area contributed by atoms with Crippen LogP contribution in [0.3, 0.4) is 0 Å². The maximum absolute atomic E-state index is 5.64. The Balaban J connectivity index is 1.49. The molecule has 0 spiro atoms. The summed E-state index contributed by atoms with van der Waals surface area (Å²) in [6, 6.07) is 11.3. The van der Waals surface area contributed by atoms with Crippen LogP contribution < -0.4 is 4.90 Å². The number of hydrogen-bond donors (Lipinski definition) is 1. The number of fused-ring (bicyclic) bond motifs is 2. The molecule has 0 aliphatic carbocycles. The SMILES string of the molecule is CCC(c1cc2nc(-c3cccc4[nH]ccc34)nc(N3CCOCC3)c2s1)N1CCCCC1. The van der Waals surface area contributed by atoms with Crippen LogP contribution in [0.4, 0.5) is 5.82 Å². The number of aromatic amines is 1. The predicted molar refractivity (Wildman–Crippen MR) is 136 cm³/mol. The number of anilines is 1. The van der Waals surface area contributed by atoms with E-state index in [1.54, 1.807) is 0 Å². The molecule has 7 heteroatoms. The second-order valence-corrected chi connectivity index (χ2v) is 10.2. The zero-order valence-electron chi connectivity index (χ0n) is 19.2. The second kappa shape index (κ2) is 9.05. The molecule has 4 aromatic rings. The number of likely N-dealkylation sites (tertiary alicyclic amines) is 1. The fourth-order valence-electron chi connectivity index (χ4n) is 5.36. The van der Waals surface area contributed by atoms with Crippen LogP contribution in [0.25, 0.3) is 32.5 Å². The number of thiophene rings is 1. The first-order valence-electron chi connectivity index (χ1n) is 12.3. The molecule has 3 aromatic heterocycles. The maximum atomic E-state index is 5.64. The number of nitrogens with zero attached hydrogens (tertiary/aromatic N) is 4. The van der Waals surface area contributed by atoms with E-state index in [1.165, 1.54) is 47.3 Å². The molecule has 1 unspecified atom stereocenters. The van der Waals surface area contributed by atoms with Gasteiger partial charge in [0.2, 0.25) is 0 Å². The Hall–Kier alpha value is -2.48. The molecule has 2 saturated heterocycles. The van der Waals surface area contributed by atoms with Gasteiger partial charge in [-0.15, -0.1) is 11.3 Å². The number of nitrogens with one attached hydrogen (secondary N) is 1. The van der Waals surface area contributed by atoms with Crippen molar-refractivity contribution in [3.8, 4) is 11.4 Å². The summed E-state index contributed by atoms with van der Waals surface area (Å²) in [5.41, 5.74) is 3.27. The lowest BCUT2D eigenvalue weighted by atomic mass is 10.1. The Morgan fingerprint density at radius 1 is 1.06 bits per heavy atom. The summed E-state index contributed by atoms with van der Waals surface area (Å²) in [4.78, 5) is 20.1. The number of ether oxygens (including phenoxy) is 1. The van der Waals surface area contributed by atoms with Crippen molar-refractivity contribution in [2.45, 2.75) is 38.6 Å². The summed E-state index contributed by atoms with van der Waals surface area (Å²) < 4.78 is 6.86. The molecule has 172 valence electrons. The van der Waals surface area contributed by atoms with Crippen LogP contribution in [-0.4, -0.2) is 59.2 Å². The normalized spacial score (nSPS) is 18.9. The van der Waals surface area contributed by atoms with Gasteiger partial charge in [-0.2, -0.15) is 0 Å². The minimum absolute atomic E-state index is 0.471. The third kappa shape index (κ3) is 3.92. The lowest BCUT2D eigenvalue weighted by Gasteiger charge is -2.33. The van der Waals surface area contributed by atoms with Crippen LogP contribution in [-0.2, 0) is 4.74 Å². The van der Waals surface area contributed by atoms with Crippen LogP contribution in [0.5, 0.6) is 0 Å². The molecular weight excluding hydrogens is 430 g/mol. The van der Waals surface area contributed by atoms with Crippen molar-refractivity contribution in [2.24, 2.45) is 0 Å². The smallest absolute Gasteiger partial charge is 0.162 e. The molecule has 0 bridgehead atoms. The Morgan fingerprint density at radius 2 is 1.91 bits per heavy atom. The molecule has 5 heterocycles. The number of piperidine rings is 1. The highest BCUT2D eigenvalue weighted by Crippen LogP contribution is 2.40. The molecule has 1 aromatic carbocycles. The van der Waals surface area contributed by atoms with E-state index in [4.69, 9.17) is 14.7 Å². The first-order valence-corrected chi connectivity index (χ1v) is 13.1. The molecule has 0 amide bonds. The summed E-state index contributed by atoms with van der Waals surface area (Å²) in [6.45, 7) is 7.96. The molecule has 6 nitrogen and oxygen atoms in total. The third-order valence-electron chi connectivity index (χ3n) is 7.07. The lowest BCUT2D eigenvalue weighted by Crippen LogP contribution is -2.36. The van der Waals surface area contributed by atoms with E-state index in [0.29, 0.717) is 6.04 Å². The van der Waals surface area contributed by atoms with Crippen molar-refractivity contribution >= 4 is 38.3 Å². The summed E-state index contributed by atoms with van der Waals surface area (Å²) >= 11 is 1.90. The van der Waals surface area contributed by atoms with Gasteiger partial charge in [0.15, 0.2) is 11.6 Å². The zero-order valence-corrected chi connectivity index (χ0v) is 20.0. The van der Waals surface area contributed by atoms with Crippen molar-refractivity contribution in [1.29, 1.82) is 0 Å². The van der Waals surface area contributed by atoms with Gasteiger partial charge in [0.25, 0.3) is 0 Å². The molecule has 0 radical (unpaired) electrons. The van der Waals surface area contributed by atoms with Gasteiger partial charge in [-0.1, -0.05) is 25.5 Å². The molecule has 1 N–H and O–H groups in total. The first-order chi connectivity index (χ1) is 16.3. The molecule has 33 heavy (non-hydrogen) atoms. The van der Waals surface area contributed by atoms with Gasteiger partial charge in [0, 0.05) is 46.7 Å². The molecule has 1 atom stereocenters. The van der Waals surface area contributed by atoms with Crippen LogP contribution in [0.2, 0.25) is 0 Å². The van der Waals surface area contributed by atoms with Gasteiger partial charge in [-0.3, -0.25) is 4.90 Å². The average Bonchev–Trinajstić information content (AvgIpc) is 3.52. The zero-order chi connectivity index (χ0) is 22.2. The topological polar surface area (TPSA) is 57.3 Å². The van der Waals surface area contributed by atoms with Gasteiger partial charge in [-0.25, -0.2) is 9.97 Å². The van der Waals surface area contributed by atoms with Crippen molar-refractivity contribution in [3.05, 3.63) is 41.4 Å². The summed E-state index contributed by atoms with van der Waals surface area (Å²) in [5, 5.41) is 1.17. The van der Waals surface area contributed by atoms with Crippen LogP contribution in [0.15, 0.2) is 36.5 Å². The molecule has 2 fully saturated rings. The fraction of sp³-hybridized carbons (Fsp3) is 0.462. The maximum Gasteiger partial charge on any atom is 0.162 e. The number of aromatic nitrogens is 3. The number of H-pyrrole nitrogens is 1. The van der Waals surface area contributed by atoms with E-state index < -0.39 is 0 Å². The summed E-state index contributed by atoms with van der Waals surface area (Å²) in [7, 11) is 0. The van der Waals surface area contributed by atoms with Gasteiger partial charge < -0.3 is 14.6 Å². The Bertz CT molecular complexity index is 1250. The predicted octanol–water partition coefficient (Wildman–Crippen LogP) is 5.61. The van der Waals surface area contributed by atoms with Crippen molar-refractivity contribution < 1.29 is 4.74 Å². The van der Waals surface area contributed by atoms with E-state index in [2.05, 4.69) is 52.0 Å². The first kappa shape index (κ1) is 21.1. The highest BCUT2D eigenvalue weighted by molar-refractivity contribution is 7.19. The number of benzene rings is 1. The van der Waals surface area contributed by atoms with Crippen molar-refractivity contribution in [3.63, 3.8) is 0 Å². The molecule has 2 aliphatic heterocycles. The highest BCUT2D eigenvalue weighted by Gasteiger charge is 2.26. The van der Waals surface area contributed by atoms with Crippen LogP contribution in [0, 0.1) is 0 Å². The standard InChI is InChI=1S/C26H31N5OS/c1-2-22(30-11-4-3-5-12-30)23-17-21-24(33-23)26(31-13-15-32-16-14-31)29-25(28-21)19-7-6-8-20-18(19)9-10-27-20/h6-10,17,22,27H,2-5,11-16H2,1H3. The quantitative estimate of drug-likeness (QED) is 0.418. The molecule has 0 saturated carbocycles. The second-order valence-electron chi connectivity index (χ2n) is 9.10. The molecule has 2 aliphatic rings. The number of rotatable bonds is 5. The number of morpholine rings is 1. The van der Waals surface area contributed by atoms with E-state index in [0.717, 1.165) is 61.0 Å². The van der Waals surface area contributed by atoms with Gasteiger partial charge in [0.1, 0.15) is 0 Å². The average molecular weight is 462 g/mol.